The van der Waals surface area contributed by atoms with Gasteiger partial charge in [-0.2, -0.15) is 0 Å². The van der Waals surface area contributed by atoms with Crippen molar-refractivity contribution in [3.05, 3.63) is 12.3 Å². The molecule has 0 aliphatic carbocycles. The lowest BCUT2D eigenvalue weighted by Crippen LogP contribution is -2.29. The predicted octanol–water partition coefficient (Wildman–Crippen LogP) is 0.460. The molecular weight excluding hydrogens is 136 g/mol. The van der Waals surface area contributed by atoms with Crippen molar-refractivity contribution in [2.75, 3.05) is 0 Å². The molecule has 0 saturated heterocycles. The van der Waals surface area contributed by atoms with Gasteiger partial charge in [-0.25, -0.2) is 0 Å². The molecule has 0 aliphatic heterocycles. The molecule has 0 heterocycles. The van der Waals surface area contributed by atoms with Crippen molar-refractivity contribution >= 4 is 18.3 Å². The molecule has 4 heteroatoms. The Labute approximate surface area is 53.4 Å². The first-order valence-corrected chi connectivity index (χ1v) is 6.17. The van der Waals surface area contributed by atoms with Gasteiger partial charge in [-0.3, -0.25) is 0 Å². The van der Waals surface area contributed by atoms with E-state index >= 15 is 0 Å². The summed E-state index contributed by atoms with van der Waals surface area (Å²) in [5.41, 5.74) is 1.79. The molecule has 0 bridgehead atoms. The summed E-state index contributed by atoms with van der Waals surface area (Å²) in [5, 5.41) is 0. The summed E-state index contributed by atoms with van der Waals surface area (Å²) < 4.78 is 4.98. The van der Waals surface area contributed by atoms with E-state index in [9.17, 15) is 0 Å². The highest BCUT2D eigenvalue weighted by molar-refractivity contribution is 6.79. The zero-order chi connectivity index (χ0) is 6.62. The first-order chi connectivity index (χ1) is 3.62. The molecule has 0 spiro atoms. The van der Waals surface area contributed by atoms with Gasteiger partial charge in [-0.1, -0.05) is 5.70 Å². The van der Waals surface area contributed by atoms with Crippen LogP contribution in [0.1, 0.15) is 0 Å². The number of rotatable bonds is 3. The van der Waals surface area contributed by atoms with Crippen LogP contribution in [0.25, 0.3) is 0 Å². The maximum absolute atomic E-state index is 8.33. The summed E-state index contributed by atoms with van der Waals surface area (Å²) in [6.07, 6.45) is 0. The molecule has 0 aliphatic rings. The second-order valence-electron chi connectivity index (χ2n) is 2.00. The van der Waals surface area contributed by atoms with E-state index < -0.39 is 18.3 Å². The fourth-order valence-corrected chi connectivity index (χ4v) is 1.43. The second kappa shape index (κ2) is 3.19. The SMILES string of the molecule is C=C[Si](C)(C)O[Si]O. The minimum Gasteiger partial charge on any atom is -0.431 e. The summed E-state index contributed by atoms with van der Waals surface area (Å²) in [5.74, 6) is 0. The zero-order valence-corrected chi connectivity index (χ0v) is 7.14. The minimum absolute atomic E-state index is 0.394. The molecule has 0 aromatic rings. The first-order valence-electron chi connectivity index (χ1n) is 2.33. The van der Waals surface area contributed by atoms with Gasteiger partial charge in [0, 0.05) is 0 Å². The van der Waals surface area contributed by atoms with Crippen LogP contribution in [0.3, 0.4) is 0 Å². The van der Waals surface area contributed by atoms with E-state index in [1.165, 1.54) is 0 Å². The molecular formula is C4H10O2Si2. The van der Waals surface area contributed by atoms with Crippen molar-refractivity contribution in [3.63, 3.8) is 0 Å². The Kier molecular flexibility index (Phi) is 3.22. The highest BCUT2D eigenvalue weighted by atomic mass is 28.4. The van der Waals surface area contributed by atoms with Crippen molar-refractivity contribution in [3.8, 4) is 0 Å². The van der Waals surface area contributed by atoms with E-state index in [4.69, 9.17) is 8.91 Å². The molecule has 0 amide bonds. The van der Waals surface area contributed by atoms with Crippen LogP contribution >= 0.6 is 0 Å². The Morgan fingerprint density at radius 1 is 1.75 bits per heavy atom. The molecule has 1 N–H and O–H groups in total. The van der Waals surface area contributed by atoms with Crippen LogP contribution in [-0.4, -0.2) is 23.1 Å². The molecule has 0 unspecified atom stereocenters. The van der Waals surface area contributed by atoms with E-state index in [1.54, 1.807) is 5.70 Å². The van der Waals surface area contributed by atoms with Gasteiger partial charge in [0.05, 0.1) is 0 Å². The van der Waals surface area contributed by atoms with E-state index in [-0.39, 0.29) is 0 Å². The van der Waals surface area contributed by atoms with Gasteiger partial charge < -0.3 is 8.91 Å². The Morgan fingerprint density at radius 3 is 2.38 bits per heavy atom. The van der Waals surface area contributed by atoms with Crippen molar-refractivity contribution in [1.29, 1.82) is 0 Å². The zero-order valence-electron chi connectivity index (χ0n) is 5.14. The third-order valence-electron chi connectivity index (χ3n) is 0.800. The molecule has 2 radical (unpaired) electrons. The van der Waals surface area contributed by atoms with Crippen LogP contribution in [0.15, 0.2) is 12.3 Å². The maximum Gasteiger partial charge on any atom is 0.418 e. The standard InChI is InChI=1S/C4H10O2Si2/c1-4-8(2,3)6-7-5/h4-5H,1H2,2-3H3. The molecule has 0 aromatic carbocycles. The van der Waals surface area contributed by atoms with Crippen LogP contribution in [0.5, 0.6) is 0 Å². The number of hydrogen-bond acceptors (Lipinski definition) is 2. The monoisotopic (exact) mass is 146 g/mol. The summed E-state index contributed by atoms with van der Waals surface area (Å²) >= 11 is 0. The molecule has 0 rings (SSSR count). The second-order valence-corrected chi connectivity index (χ2v) is 6.62. The lowest BCUT2D eigenvalue weighted by Gasteiger charge is -2.14. The topological polar surface area (TPSA) is 29.5 Å². The van der Waals surface area contributed by atoms with Gasteiger partial charge in [0.15, 0.2) is 8.32 Å². The van der Waals surface area contributed by atoms with E-state index in [0.717, 1.165) is 0 Å². The van der Waals surface area contributed by atoms with Crippen molar-refractivity contribution in [2.45, 2.75) is 13.1 Å². The van der Waals surface area contributed by atoms with Gasteiger partial charge in [-0.15, -0.1) is 6.58 Å². The van der Waals surface area contributed by atoms with Gasteiger partial charge in [0.1, 0.15) is 0 Å². The Hall–Kier alpha value is 0.0938. The maximum atomic E-state index is 8.33. The molecule has 46 valence electrons. The summed E-state index contributed by atoms with van der Waals surface area (Å²) in [7, 11) is -2.04. The molecule has 2 nitrogen and oxygen atoms in total. The van der Waals surface area contributed by atoms with E-state index in [1.807, 2.05) is 13.1 Å². The van der Waals surface area contributed by atoms with Crippen LogP contribution in [0.2, 0.25) is 13.1 Å². The first kappa shape index (κ1) is 8.09. The number of hydrogen-bond donors (Lipinski definition) is 1. The summed E-state index contributed by atoms with van der Waals surface area (Å²) in [6.45, 7) is 7.53. The van der Waals surface area contributed by atoms with Crippen molar-refractivity contribution in [1.82, 2.24) is 0 Å². The lowest BCUT2D eigenvalue weighted by molar-refractivity contribution is 0.455. The van der Waals surface area contributed by atoms with Gasteiger partial charge in [0.25, 0.3) is 0 Å². The van der Waals surface area contributed by atoms with Crippen LogP contribution in [0, 0.1) is 0 Å². The fraction of sp³-hybridized carbons (Fsp3) is 0.500. The fourth-order valence-electron chi connectivity index (χ4n) is 0.159. The summed E-state index contributed by atoms with van der Waals surface area (Å²) in [6, 6.07) is 0. The highest BCUT2D eigenvalue weighted by Gasteiger charge is 2.16. The lowest BCUT2D eigenvalue weighted by atomic mass is 11.3. The third kappa shape index (κ3) is 3.14. The average Bonchev–Trinajstić information content (AvgIpc) is 1.67. The largest absolute Gasteiger partial charge is 0.431 e. The Morgan fingerprint density at radius 2 is 2.25 bits per heavy atom. The Bertz CT molecular complexity index is 82.1. The van der Waals surface area contributed by atoms with Gasteiger partial charge >= 0.3 is 10.0 Å². The van der Waals surface area contributed by atoms with Crippen molar-refractivity contribution in [2.24, 2.45) is 0 Å². The average molecular weight is 146 g/mol. The third-order valence-corrected chi connectivity index (χ3v) is 4.25. The van der Waals surface area contributed by atoms with Gasteiger partial charge in [-0.05, 0) is 13.1 Å². The van der Waals surface area contributed by atoms with Gasteiger partial charge in [0.2, 0.25) is 0 Å². The molecule has 0 saturated carbocycles. The summed E-state index contributed by atoms with van der Waals surface area (Å²) in [4.78, 5) is 8.33. The van der Waals surface area contributed by atoms with Crippen LogP contribution in [0.4, 0.5) is 0 Å². The van der Waals surface area contributed by atoms with Crippen LogP contribution in [-0.2, 0) is 4.12 Å². The Balaban J connectivity index is 3.53. The molecule has 0 fully saturated rings. The van der Waals surface area contributed by atoms with E-state index in [0.29, 0.717) is 0 Å². The van der Waals surface area contributed by atoms with E-state index in [2.05, 4.69) is 6.58 Å². The minimum atomic E-state index is -1.65. The highest BCUT2D eigenvalue weighted by Crippen LogP contribution is 2.01. The smallest absolute Gasteiger partial charge is 0.418 e. The van der Waals surface area contributed by atoms with Crippen molar-refractivity contribution < 1.29 is 8.91 Å². The quantitative estimate of drug-likeness (QED) is 0.586. The predicted molar refractivity (Wildman–Crippen MR) is 36.7 cm³/mol. The molecule has 0 aromatic heterocycles. The van der Waals surface area contributed by atoms with Crippen LogP contribution < -0.4 is 0 Å². The normalized spacial score (nSPS) is 11.4. The molecule has 8 heavy (non-hydrogen) atoms. The molecule has 0 atom stereocenters.